The second kappa shape index (κ2) is 9.44. The van der Waals surface area contributed by atoms with Crippen molar-refractivity contribution in [1.82, 2.24) is 10.2 Å². The zero-order chi connectivity index (χ0) is 18.6. The summed E-state index contributed by atoms with van der Waals surface area (Å²) in [7, 11) is 2.01. The standard InChI is InChI=1S/C23H28N2O2.ClH/c1-24-19-11-13-25(14-12-19)23(26)22-15-21(22)18-7-9-20(10-8-18)27-16-17-5-3-2-4-6-17;/h2-10,19,21-22,24H,11-16H2,1H3;1H. The van der Waals surface area contributed by atoms with E-state index in [2.05, 4.69) is 34.5 Å². The van der Waals surface area contributed by atoms with E-state index in [1.54, 1.807) is 0 Å². The Kier molecular flexibility index (Phi) is 6.97. The van der Waals surface area contributed by atoms with E-state index in [1.165, 1.54) is 5.56 Å². The average Bonchev–Trinajstić information content (AvgIpc) is 3.54. The van der Waals surface area contributed by atoms with Crippen molar-refractivity contribution < 1.29 is 9.53 Å². The van der Waals surface area contributed by atoms with Crippen LogP contribution in [0.25, 0.3) is 0 Å². The van der Waals surface area contributed by atoms with E-state index >= 15 is 0 Å². The van der Waals surface area contributed by atoms with E-state index in [4.69, 9.17) is 4.74 Å². The van der Waals surface area contributed by atoms with Gasteiger partial charge < -0.3 is 15.0 Å². The molecule has 28 heavy (non-hydrogen) atoms. The molecule has 2 atom stereocenters. The minimum absolute atomic E-state index is 0. The molecule has 0 bridgehead atoms. The highest BCUT2D eigenvalue weighted by Gasteiger charge is 2.46. The monoisotopic (exact) mass is 400 g/mol. The lowest BCUT2D eigenvalue weighted by atomic mass is 10.0. The number of amides is 1. The highest BCUT2D eigenvalue weighted by Crippen LogP contribution is 2.48. The first kappa shape index (κ1) is 20.7. The smallest absolute Gasteiger partial charge is 0.226 e. The molecular weight excluding hydrogens is 372 g/mol. The van der Waals surface area contributed by atoms with Crippen molar-refractivity contribution in [2.45, 2.75) is 37.8 Å². The quantitative estimate of drug-likeness (QED) is 0.796. The number of nitrogens with zero attached hydrogens (tertiary/aromatic N) is 1. The molecule has 1 saturated heterocycles. The normalized spacial score (nSPS) is 21.7. The molecule has 0 radical (unpaired) electrons. The molecule has 1 amide bonds. The van der Waals surface area contributed by atoms with E-state index in [-0.39, 0.29) is 18.3 Å². The minimum Gasteiger partial charge on any atom is -0.489 e. The van der Waals surface area contributed by atoms with Gasteiger partial charge in [-0.1, -0.05) is 42.5 Å². The molecule has 2 unspecified atom stereocenters. The number of halogens is 1. The van der Waals surface area contributed by atoms with Crippen LogP contribution in [-0.4, -0.2) is 37.0 Å². The Morgan fingerprint density at radius 1 is 1.07 bits per heavy atom. The molecule has 0 aromatic heterocycles. The fourth-order valence-electron chi connectivity index (χ4n) is 4.01. The first-order valence-electron chi connectivity index (χ1n) is 9.97. The van der Waals surface area contributed by atoms with Crippen LogP contribution in [0.2, 0.25) is 0 Å². The molecule has 1 aliphatic heterocycles. The Bertz CT molecular complexity index is 758. The predicted octanol–water partition coefficient (Wildman–Crippen LogP) is 4.00. The van der Waals surface area contributed by atoms with Crippen molar-refractivity contribution in [3.63, 3.8) is 0 Å². The van der Waals surface area contributed by atoms with Gasteiger partial charge >= 0.3 is 0 Å². The first-order valence-corrected chi connectivity index (χ1v) is 9.97. The predicted molar refractivity (Wildman–Crippen MR) is 114 cm³/mol. The number of hydrogen-bond acceptors (Lipinski definition) is 3. The third-order valence-electron chi connectivity index (χ3n) is 5.88. The van der Waals surface area contributed by atoms with Crippen LogP contribution >= 0.6 is 12.4 Å². The van der Waals surface area contributed by atoms with E-state index < -0.39 is 0 Å². The summed E-state index contributed by atoms with van der Waals surface area (Å²) >= 11 is 0. The topological polar surface area (TPSA) is 41.6 Å². The number of rotatable bonds is 6. The summed E-state index contributed by atoms with van der Waals surface area (Å²) in [6.45, 7) is 2.35. The van der Waals surface area contributed by atoms with E-state index in [1.807, 2.05) is 37.4 Å². The number of piperidine rings is 1. The average molecular weight is 401 g/mol. The summed E-state index contributed by atoms with van der Waals surface area (Å²) in [6, 6.07) is 19.0. The molecule has 2 fully saturated rings. The molecule has 2 aromatic carbocycles. The Hall–Kier alpha value is -2.04. The summed E-state index contributed by atoms with van der Waals surface area (Å²) < 4.78 is 5.86. The molecule has 1 saturated carbocycles. The number of carbonyl (C=O) groups is 1. The molecule has 2 aromatic rings. The maximum Gasteiger partial charge on any atom is 0.226 e. The van der Waals surface area contributed by atoms with Gasteiger partial charge in [-0.3, -0.25) is 4.79 Å². The Balaban J connectivity index is 0.00000225. The third-order valence-corrected chi connectivity index (χ3v) is 5.88. The van der Waals surface area contributed by atoms with Crippen LogP contribution < -0.4 is 10.1 Å². The van der Waals surface area contributed by atoms with Crippen LogP contribution in [0.1, 0.15) is 36.3 Å². The van der Waals surface area contributed by atoms with Gasteiger partial charge in [0.15, 0.2) is 0 Å². The lowest BCUT2D eigenvalue weighted by molar-refractivity contribution is -0.133. The number of ether oxygens (including phenoxy) is 1. The van der Waals surface area contributed by atoms with Crippen molar-refractivity contribution in [2.24, 2.45) is 5.92 Å². The number of benzene rings is 2. The number of likely N-dealkylation sites (tertiary alicyclic amines) is 1. The SMILES string of the molecule is CNC1CCN(C(=O)C2CC2c2ccc(OCc3ccccc3)cc2)CC1.Cl. The van der Waals surface area contributed by atoms with E-state index in [0.717, 1.165) is 43.7 Å². The van der Waals surface area contributed by atoms with Gasteiger partial charge in [-0.15, -0.1) is 12.4 Å². The second-order valence-corrected chi connectivity index (χ2v) is 7.68. The summed E-state index contributed by atoms with van der Waals surface area (Å²) in [5, 5.41) is 3.32. The van der Waals surface area contributed by atoms with Gasteiger partial charge in [-0.25, -0.2) is 0 Å². The fourth-order valence-corrected chi connectivity index (χ4v) is 4.01. The van der Waals surface area contributed by atoms with Crippen LogP contribution in [0.4, 0.5) is 0 Å². The van der Waals surface area contributed by atoms with Gasteiger partial charge in [0.1, 0.15) is 12.4 Å². The van der Waals surface area contributed by atoms with Crippen molar-refractivity contribution in [3.05, 3.63) is 65.7 Å². The molecule has 1 heterocycles. The molecular formula is C23H29ClN2O2. The maximum absolute atomic E-state index is 12.7. The van der Waals surface area contributed by atoms with Crippen molar-refractivity contribution in [2.75, 3.05) is 20.1 Å². The third kappa shape index (κ3) is 4.86. The molecule has 4 rings (SSSR count). The van der Waals surface area contributed by atoms with Crippen molar-refractivity contribution >= 4 is 18.3 Å². The summed E-state index contributed by atoms with van der Waals surface area (Å²) in [5.74, 6) is 1.77. The fraction of sp³-hybridized carbons (Fsp3) is 0.435. The van der Waals surface area contributed by atoms with Gasteiger partial charge in [-0.2, -0.15) is 0 Å². The molecule has 5 heteroatoms. The van der Waals surface area contributed by atoms with Gasteiger partial charge in [0.05, 0.1) is 0 Å². The van der Waals surface area contributed by atoms with Crippen LogP contribution in [0.5, 0.6) is 5.75 Å². The largest absolute Gasteiger partial charge is 0.489 e. The lowest BCUT2D eigenvalue weighted by Gasteiger charge is -2.32. The number of nitrogens with one attached hydrogen (secondary N) is 1. The van der Waals surface area contributed by atoms with E-state index in [9.17, 15) is 4.79 Å². The number of carbonyl (C=O) groups excluding carboxylic acids is 1. The lowest BCUT2D eigenvalue weighted by Crippen LogP contribution is -2.44. The van der Waals surface area contributed by atoms with Crippen molar-refractivity contribution in [3.8, 4) is 5.75 Å². The van der Waals surface area contributed by atoms with Gasteiger partial charge in [-0.05, 0) is 55.5 Å². The first-order chi connectivity index (χ1) is 13.2. The van der Waals surface area contributed by atoms with Gasteiger partial charge in [0.25, 0.3) is 0 Å². The minimum atomic E-state index is 0. The Morgan fingerprint density at radius 3 is 2.39 bits per heavy atom. The van der Waals surface area contributed by atoms with Crippen LogP contribution in [0.3, 0.4) is 0 Å². The molecule has 0 spiro atoms. The second-order valence-electron chi connectivity index (χ2n) is 7.68. The van der Waals surface area contributed by atoms with E-state index in [0.29, 0.717) is 24.5 Å². The Morgan fingerprint density at radius 2 is 1.75 bits per heavy atom. The van der Waals surface area contributed by atoms with Crippen molar-refractivity contribution in [1.29, 1.82) is 0 Å². The molecule has 1 aliphatic carbocycles. The van der Waals surface area contributed by atoms with Crippen LogP contribution in [-0.2, 0) is 11.4 Å². The molecule has 4 nitrogen and oxygen atoms in total. The summed E-state index contributed by atoms with van der Waals surface area (Å²) in [4.78, 5) is 14.8. The zero-order valence-electron chi connectivity index (χ0n) is 16.3. The van der Waals surface area contributed by atoms with Gasteiger partial charge in [0.2, 0.25) is 5.91 Å². The molecule has 2 aliphatic rings. The highest BCUT2D eigenvalue weighted by molar-refractivity contribution is 5.85. The molecule has 1 N–H and O–H groups in total. The van der Waals surface area contributed by atoms with Crippen LogP contribution in [0.15, 0.2) is 54.6 Å². The Labute approximate surface area is 173 Å². The van der Waals surface area contributed by atoms with Gasteiger partial charge in [0, 0.05) is 25.0 Å². The maximum atomic E-state index is 12.7. The summed E-state index contributed by atoms with van der Waals surface area (Å²) in [5.41, 5.74) is 2.42. The zero-order valence-corrected chi connectivity index (χ0v) is 17.2. The number of hydrogen-bond donors (Lipinski definition) is 1. The molecule has 150 valence electrons. The highest BCUT2D eigenvalue weighted by atomic mass is 35.5. The summed E-state index contributed by atoms with van der Waals surface area (Å²) in [6.07, 6.45) is 3.11. The van der Waals surface area contributed by atoms with Crippen LogP contribution in [0, 0.1) is 5.92 Å².